The average Bonchev–Trinajstić information content (AvgIpc) is 3.21. The summed E-state index contributed by atoms with van der Waals surface area (Å²) in [5, 5.41) is 0. The summed E-state index contributed by atoms with van der Waals surface area (Å²) in [5.74, 6) is 1.50. The molecule has 1 aromatic carbocycles. The van der Waals surface area contributed by atoms with Gasteiger partial charge >= 0.3 is 4.87 Å². The van der Waals surface area contributed by atoms with Crippen LogP contribution in [0.4, 0.5) is 0 Å². The van der Waals surface area contributed by atoms with Gasteiger partial charge in [-0.2, -0.15) is 0 Å². The van der Waals surface area contributed by atoms with E-state index in [2.05, 4.69) is 21.7 Å². The van der Waals surface area contributed by atoms with Gasteiger partial charge in [0.05, 0.1) is 5.69 Å². The Morgan fingerprint density at radius 2 is 1.88 bits per heavy atom. The number of ether oxygens (including phenoxy) is 2. The minimum absolute atomic E-state index is 0.00939. The number of hydrogen-bond donors (Lipinski definition) is 1. The van der Waals surface area contributed by atoms with Crippen molar-refractivity contribution in [3.05, 3.63) is 32.7 Å². The van der Waals surface area contributed by atoms with Gasteiger partial charge < -0.3 is 19.4 Å². The molecule has 1 saturated heterocycles. The molecule has 0 atom stereocenters. The molecule has 7 heteroatoms. The Hall–Kier alpha value is -1.83. The van der Waals surface area contributed by atoms with Crippen LogP contribution in [0.3, 0.4) is 0 Å². The second-order valence-electron chi connectivity index (χ2n) is 6.09. The highest BCUT2D eigenvalue weighted by atomic mass is 32.1. The predicted molar refractivity (Wildman–Crippen MR) is 93.9 cm³/mol. The van der Waals surface area contributed by atoms with Crippen molar-refractivity contribution in [2.24, 2.45) is 0 Å². The fraction of sp³-hybridized carbons (Fsp3) is 0.471. The van der Waals surface area contributed by atoms with Crippen LogP contribution >= 0.6 is 11.3 Å². The Balaban J connectivity index is 1.56. The number of nitrogens with zero attached hydrogens (tertiary/aromatic N) is 2. The number of fused-ring (bicyclic) bond motifs is 1. The van der Waals surface area contributed by atoms with E-state index >= 15 is 0 Å². The van der Waals surface area contributed by atoms with Crippen molar-refractivity contribution in [2.45, 2.75) is 13.5 Å². The number of aromatic nitrogens is 1. The molecule has 2 aliphatic rings. The Bertz CT molecular complexity index is 778. The third-order valence-electron chi connectivity index (χ3n) is 4.66. The molecule has 1 fully saturated rings. The highest BCUT2D eigenvalue weighted by Gasteiger charge is 2.20. The number of likely N-dealkylation sites (N-methyl/N-ethyl adjacent to an activating group) is 1. The largest absolute Gasteiger partial charge is 0.454 e. The number of thiazole rings is 1. The molecule has 1 N–H and O–H groups in total. The van der Waals surface area contributed by atoms with Crippen molar-refractivity contribution in [2.75, 3.05) is 39.5 Å². The second kappa shape index (κ2) is 6.58. The first kappa shape index (κ1) is 15.7. The minimum atomic E-state index is -0.00939. The SMILES string of the molecule is CCN1CCN(Cc2sc(=O)[nH]c2-c2ccc3c(c2)OCO3)CC1. The quantitative estimate of drug-likeness (QED) is 0.916. The zero-order valence-electron chi connectivity index (χ0n) is 13.7. The maximum Gasteiger partial charge on any atom is 0.305 e. The molecule has 6 nitrogen and oxygen atoms in total. The smallest absolute Gasteiger partial charge is 0.305 e. The summed E-state index contributed by atoms with van der Waals surface area (Å²) in [7, 11) is 0. The maximum absolute atomic E-state index is 11.9. The van der Waals surface area contributed by atoms with Gasteiger partial charge in [0, 0.05) is 43.2 Å². The van der Waals surface area contributed by atoms with Crippen LogP contribution in [0.15, 0.2) is 23.0 Å². The summed E-state index contributed by atoms with van der Waals surface area (Å²) in [6, 6.07) is 5.82. The molecule has 0 radical (unpaired) electrons. The summed E-state index contributed by atoms with van der Waals surface area (Å²) in [4.78, 5) is 20.9. The first-order valence-electron chi connectivity index (χ1n) is 8.29. The van der Waals surface area contributed by atoms with E-state index in [-0.39, 0.29) is 11.7 Å². The molecule has 128 valence electrons. The van der Waals surface area contributed by atoms with E-state index in [9.17, 15) is 4.79 Å². The number of benzene rings is 1. The van der Waals surface area contributed by atoms with Crippen LogP contribution in [0.2, 0.25) is 0 Å². The number of hydrogen-bond acceptors (Lipinski definition) is 6. The fourth-order valence-corrected chi connectivity index (χ4v) is 4.12. The molecule has 0 spiro atoms. The van der Waals surface area contributed by atoms with Crippen LogP contribution in [-0.2, 0) is 6.54 Å². The lowest BCUT2D eigenvalue weighted by molar-refractivity contribution is 0.133. The Morgan fingerprint density at radius 1 is 1.12 bits per heavy atom. The van der Waals surface area contributed by atoms with Crippen molar-refractivity contribution in [3.8, 4) is 22.8 Å². The van der Waals surface area contributed by atoms with E-state index in [4.69, 9.17) is 9.47 Å². The van der Waals surface area contributed by atoms with E-state index in [0.29, 0.717) is 0 Å². The molecule has 0 aliphatic carbocycles. The van der Waals surface area contributed by atoms with Gasteiger partial charge in [-0.15, -0.1) is 0 Å². The van der Waals surface area contributed by atoms with Crippen molar-refractivity contribution < 1.29 is 9.47 Å². The van der Waals surface area contributed by atoms with Crippen molar-refractivity contribution in [1.82, 2.24) is 14.8 Å². The second-order valence-corrected chi connectivity index (χ2v) is 7.16. The van der Waals surface area contributed by atoms with Gasteiger partial charge in [-0.25, -0.2) is 0 Å². The van der Waals surface area contributed by atoms with Gasteiger partial charge in [-0.3, -0.25) is 9.69 Å². The Kier molecular flexibility index (Phi) is 4.30. The summed E-state index contributed by atoms with van der Waals surface area (Å²) >= 11 is 1.30. The van der Waals surface area contributed by atoms with Crippen LogP contribution in [0, 0.1) is 0 Å². The summed E-state index contributed by atoms with van der Waals surface area (Å²) in [6.07, 6.45) is 0. The van der Waals surface area contributed by atoms with E-state index in [1.165, 1.54) is 11.3 Å². The van der Waals surface area contributed by atoms with Gasteiger partial charge in [-0.1, -0.05) is 18.3 Å². The Morgan fingerprint density at radius 3 is 2.67 bits per heavy atom. The molecule has 2 aliphatic heterocycles. The molecule has 3 heterocycles. The van der Waals surface area contributed by atoms with Crippen LogP contribution < -0.4 is 14.3 Å². The molecule has 0 bridgehead atoms. The maximum atomic E-state index is 11.9. The van der Waals surface area contributed by atoms with Crippen molar-refractivity contribution in [3.63, 3.8) is 0 Å². The summed E-state index contributed by atoms with van der Waals surface area (Å²) in [6.45, 7) is 8.64. The van der Waals surface area contributed by atoms with Crippen LogP contribution in [0.25, 0.3) is 11.3 Å². The summed E-state index contributed by atoms with van der Waals surface area (Å²) in [5.41, 5.74) is 1.88. The van der Waals surface area contributed by atoms with Gasteiger partial charge in [0.2, 0.25) is 6.79 Å². The molecule has 2 aromatic rings. The molecule has 0 amide bonds. The van der Waals surface area contributed by atoms with Gasteiger partial charge in [-0.05, 0) is 24.7 Å². The molecule has 0 saturated carbocycles. The lowest BCUT2D eigenvalue weighted by atomic mass is 10.1. The van der Waals surface area contributed by atoms with Crippen LogP contribution in [0.1, 0.15) is 11.8 Å². The van der Waals surface area contributed by atoms with Crippen molar-refractivity contribution >= 4 is 11.3 Å². The highest BCUT2D eigenvalue weighted by molar-refractivity contribution is 7.09. The normalized spacial score (nSPS) is 18.2. The molecule has 1 aromatic heterocycles. The predicted octanol–water partition coefficient (Wildman–Crippen LogP) is 1.97. The number of rotatable bonds is 4. The van der Waals surface area contributed by atoms with E-state index in [0.717, 1.165) is 66.9 Å². The number of aromatic amines is 1. The summed E-state index contributed by atoms with van der Waals surface area (Å²) < 4.78 is 10.8. The first-order chi connectivity index (χ1) is 11.7. The van der Waals surface area contributed by atoms with Crippen LogP contribution in [-0.4, -0.2) is 54.3 Å². The van der Waals surface area contributed by atoms with E-state index in [1.807, 2.05) is 18.2 Å². The average molecular weight is 347 g/mol. The first-order valence-corrected chi connectivity index (χ1v) is 9.11. The molecular weight excluding hydrogens is 326 g/mol. The highest BCUT2D eigenvalue weighted by Crippen LogP contribution is 2.36. The zero-order chi connectivity index (χ0) is 16.5. The Labute approximate surface area is 144 Å². The standard InChI is InChI=1S/C17H21N3O3S/c1-2-19-5-7-20(8-6-19)10-15-16(18-17(21)24-15)12-3-4-13-14(9-12)23-11-22-13/h3-4,9H,2,5-8,10-11H2,1H3,(H,18,21). The lowest BCUT2D eigenvalue weighted by Crippen LogP contribution is -2.45. The molecule has 4 rings (SSSR count). The molecular formula is C17H21N3O3S. The number of H-pyrrole nitrogens is 1. The zero-order valence-corrected chi connectivity index (χ0v) is 14.5. The van der Waals surface area contributed by atoms with Gasteiger partial charge in [0.15, 0.2) is 11.5 Å². The third-order valence-corrected chi connectivity index (χ3v) is 5.53. The number of piperazine rings is 1. The topological polar surface area (TPSA) is 57.8 Å². The molecule has 0 unspecified atom stereocenters. The monoisotopic (exact) mass is 347 g/mol. The lowest BCUT2D eigenvalue weighted by Gasteiger charge is -2.33. The fourth-order valence-electron chi connectivity index (χ4n) is 3.22. The third kappa shape index (κ3) is 3.07. The molecule has 24 heavy (non-hydrogen) atoms. The van der Waals surface area contributed by atoms with E-state index < -0.39 is 0 Å². The van der Waals surface area contributed by atoms with Gasteiger partial charge in [0.25, 0.3) is 0 Å². The van der Waals surface area contributed by atoms with Crippen molar-refractivity contribution in [1.29, 1.82) is 0 Å². The number of nitrogens with one attached hydrogen (secondary N) is 1. The minimum Gasteiger partial charge on any atom is -0.454 e. The van der Waals surface area contributed by atoms with E-state index in [1.54, 1.807) is 0 Å². The van der Waals surface area contributed by atoms with Crippen LogP contribution in [0.5, 0.6) is 11.5 Å². The van der Waals surface area contributed by atoms with Gasteiger partial charge in [0.1, 0.15) is 0 Å².